The zero-order valence-electron chi connectivity index (χ0n) is 8.37. The van der Waals surface area contributed by atoms with Crippen molar-refractivity contribution < 1.29 is 4.79 Å². The van der Waals surface area contributed by atoms with Crippen LogP contribution in [-0.4, -0.2) is 24.8 Å². The Balaban J connectivity index is 2.88. The summed E-state index contributed by atoms with van der Waals surface area (Å²) in [4.78, 5) is 14.2. The first-order valence-electron chi connectivity index (χ1n) is 4.15. The summed E-state index contributed by atoms with van der Waals surface area (Å²) < 4.78 is 0. The zero-order chi connectivity index (χ0) is 10.7. The van der Waals surface area contributed by atoms with Crippen LogP contribution in [0.15, 0.2) is 23.2 Å². The van der Waals surface area contributed by atoms with Crippen molar-refractivity contribution in [2.75, 3.05) is 14.1 Å². The third-order valence-electron chi connectivity index (χ3n) is 1.89. The maximum absolute atomic E-state index is 11.7. The number of carbonyl (C=O) groups excluding carboxylic acids is 1. The van der Waals surface area contributed by atoms with Gasteiger partial charge in [-0.3, -0.25) is 4.79 Å². The van der Waals surface area contributed by atoms with Crippen molar-refractivity contribution in [1.82, 2.24) is 4.90 Å². The standard InChI is InChI=1S/C10H12ClNOS/c1-7(12(2)3)6-9(13)10-8(11)4-5-14-10/h4-6H,1-3H3. The lowest BCUT2D eigenvalue weighted by atomic mass is 10.2. The molecular formula is C10H12ClNOS. The van der Waals surface area contributed by atoms with Gasteiger partial charge in [0.2, 0.25) is 0 Å². The van der Waals surface area contributed by atoms with Crippen LogP contribution in [-0.2, 0) is 0 Å². The molecular weight excluding hydrogens is 218 g/mol. The van der Waals surface area contributed by atoms with Gasteiger partial charge in [-0.15, -0.1) is 11.3 Å². The fourth-order valence-electron chi connectivity index (χ4n) is 0.854. The number of carbonyl (C=O) groups is 1. The summed E-state index contributed by atoms with van der Waals surface area (Å²) in [5.74, 6) is -0.0313. The van der Waals surface area contributed by atoms with E-state index < -0.39 is 0 Å². The van der Waals surface area contributed by atoms with Crippen LogP contribution in [0.3, 0.4) is 0 Å². The van der Waals surface area contributed by atoms with Crippen LogP contribution in [0.1, 0.15) is 16.6 Å². The van der Waals surface area contributed by atoms with Gasteiger partial charge in [-0.2, -0.15) is 0 Å². The number of thiophene rings is 1. The lowest BCUT2D eigenvalue weighted by Gasteiger charge is -2.11. The van der Waals surface area contributed by atoms with Gasteiger partial charge in [-0.05, 0) is 18.4 Å². The van der Waals surface area contributed by atoms with Crippen molar-refractivity contribution >= 4 is 28.7 Å². The molecule has 1 aromatic heterocycles. The average Bonchev–Trinajstić information content (AvgIpc) is 2.51. The minimum Gasteiger partial charge on any atom is -0.381 e. The lowest BCUT2D eigenvalue weighted by molar-refractivity contribution is 0.104. The van der Waals surface area contributed by atoms with Gasteiger partial charge >= 0.3 is 0 Å². The van der Waals surface area contributed by atoms with Crippen LogP contribution in [0.25, 0.3) is 0 Å². The molecule has 0 aliphatic rings. The molecule has 2 nitrogen and oxygen atoms in total. The van der Waals surface area contributed by atoms with Gasteiger partial charge in [0.1, 0.15) is 0 Å². The fraction of sp³-hybridized carbons (Fsp3) is 0.300. The van der Waals surface area contributed by atoms with Crippen LogP contribution >= 0.6 is 22.9 Å². The summed E-state index contributed by atoms with van der Waals surface area (Å²) in [5, 5.41) is 2.34. The first-order valence-corrected chi connectivity index (χ1v) is 5.41. The van der Waals surface area contributed by atoms with Crippen molar-refractivity contribution in [2.24, 2.45) is 0 Å². The molecule has 0 amide bonds. The second-order valence-electron chi connectivity index (χ2n) is 3.14. The van der Waals surface area contributed by atoms with E-state index in [0.29, 0.717) is 9.90 Å². The summed E-state index contributed by atoms with van der Waals surface area (Å²) >= 11 is 7.21. The van der Waals surface area contributed by atoms with E-state index in [0.717, 1.165) is 5.70 Å². The smallest absolute Gasteiger partial charge is 0.198 e. The molecule has 0 aliphatic carbocycles. The molecule has 1 aromatic rings. The largest absolute Gasteiger partial charge is 0.381 e. The Hall–Kier alpha value is -0.800. The van der Waals surface area contributed by atoms with Crippen molar-refractivity contribution in [3.8, 4) is 0 Å². The summed E-state index contributed by atoms with van der Waals surface area (Å²) in [6.07, 6.45) is 1.59. The Morgan fingerprint density at radius 2 is 2.21 bits per heavy atom. The number of ketones is 1. The molecule has 0 aromatic carbocycles. The molecule has 0 atom stereocenters. The second-order valence-corrected chi connectivity index (χ2v) is 4.47. The number of hydrogen-bond donors (Lipinski definition) is 0. The Labute approximate surface area is 92.8 Å². The van der Waals surface area contributed by atoms with E-state index in [-0.39, 0.29) is 5.78 Å². The number of nitrogens with zero attached hydrogens (tertiary/aromatic N) is 1. The van der Waals surface area contributed by atoms with Crippen molar-refractivity contribution in [1.29, 1.82) is 0 Å². The number of halogens is 1. The normalized spacial score (nSPS) is 11.6. The molecule has 0 radical (unpaired) electrons. The molecule has 0 saturated carbocycles. The first-order chi connectivity index (χ1) is 6.52. The molecule has 0 unspecified atom stereocenters. The lowest BCUT2D eigenvalue weighted by Crippen LogP contribution is -2.09. The van der Waals surface area contributed by atoms with Crippen LogP contribution in [0, 0.1) is 0 Å². The topological polar surface area (TPSA) is 20.3 Å². The molecule has 1 rings (SSSR count). The molecule has 0 fully saturated rings. The van der Waals surface area contributed by atoms with E-state index >= 15 is 0 Å². The summed E-state index contributed by atoms with van der Waals surface area (Å²) in [6, 6.07) is 1.73. The van der Waals surface area contributed by atoms with Crippen molar-refractivity contribution in [2.45, 2.75) is 6.92 Å². The Morgan fingerprint density at radius 3 is 2.64 bits per heavy atom. The third-order valence-corrected chi connectivity index (χ3v) is 3.24. The Bertz CT molecular complexity index is 368. The highest BCUT2D eigenvalue weighted by molar-refractivity contribution is 7.13. The highest BCUT2D eigenvalue weighted by Gasteiger charge is 2.09. The van der Waals surface area contributed by atoms with Gasteiger partial charge < -0.3 is 4.90 Å². The van der Waals surface area contributed by atoms with Gasteiger partial charge in [0, 0.05) is 25.9 Å². The molecule has 0 saturated heterocycles. The summed E-state index contributed by atoms with van der Waals surface area (Å²) in [7, 11) is 3.80. The van der Waals surface area contributed by atoms with Crippen LogP contribution in [0.4, 0.5) is 0 Å². The zero-order valence-corrected chi connectivity index (χ0v) is 9.95. The maximum Gasteiger partial charge on any atom is 0.198 e. The Kier molecular flexibility index (Phi) is 3.72. The van der Waals surface area contributed by atoms with Crippen LogP contribution < -0.4 is 0 Å². The second kappa shape index (κ2) is 4.62. The predicted molar refractivity (Wildman–Crippen MR) is 61.1 cm³/mol. The summed E-state index contributed by atoms with van der Waals surface area (Å²) in [6.45, 7) is 1.89. The molecule has 1 heterocycles. The van der Waals surface area contributed by atoms with E-state index in [4.69, 9.17) is 11.6 Å². The predicted octanol–water partition coefficient (Wildman–Crippen LogP) is 3.05. The van der Waals surface area contributed by atoms with Crippen molar-refractivity contribution in [3.63, 3.8) is 0 Å². The maximum atomic E-state index is 11.7. The fourth-order valence-corrected chi connectivity index (χ4v) is 1.91. The Morgan fingerprint density at radius 1 is 1.57 bits per heavy atom. The van der Waals surface area contributed by atoms with E-state index in [9.17, 15) is 4.79 Å². The number of allylic oxidation sites excluding steroid dienone is 2. The molecule has 0 aliphatic heterocycles. The van der Waals surface area contributed by atoms with Crippen LogP contribution in [0.2, 0.25) is 5.02 Å². The molecule has 0 N–H and O–H groups in total. The van der Waals surface area contributed by atoms with E-state index in [1.807, 2.05) is 31.3 Å². The minimum absolute atomic E-state index is 0.0313. The van der Waals surface area contributed by atoms with E-state index in [2.05, 4.69) is 0 Å². The molecule has 0 spiro atoms. The van der Waals surface area contributed by atoms with E-state index in [1.165, 1.54) is 11.3 Å². The van der Waals surface area contributed by atoms with E-state index in [1.54, 1.807) is 12.1 Å². The SMILES string of the molecule is CC(=CC(=O)c1sccc1Cl)N(C)C. The number of hydrogen-bond acceptors (Lipinski definition) is 3. The third kappa shape index (κ3) is 2.59. The van der Waals surface area contributed by atoms with Crippen LogP contribution in [0.5, 0.6) is 0 Å². The van der Waals surface area contributed by atoms with Gasteiger partial charge in [-0.1, -0.05) is 11.6 Å². The molecule has 0 bridgehead atoms. The highest BCUT2D eigenvalue weighted by atomic mass is 35.5. The number of rotatable bonds is 3. The van der Waals surface area contributed by atoms with Gasteiger partial charge in [0.15, 0.2) is 5.78 Å². The van der Waals surface area contributed by atoms with Crippen molar-refractivity contribution in [3.05, 3.63) is 33.1 Å². The molecule has 4 heteroatoms. The monoisotopic (exact) mass is 229 g/mol. The molecule has 14 heavy (non-hydrogen) atoms. The first kappa shape index (κ1) is 11.3. The van der Waals surface area contributed by atoms with Gasteiger partial charge in [0.05, 0.1) is 9.90 Å². The van der Waals surface area contributed by atoms with Gasteiger partial charge in [0.25, 0.3) is 0 Å². The quantitative estimate of drug-likeness (QED) is 0.587. The summed E-state index contributed by atoms with van der Waals surface area (Å²) in [5.41, 5.74) is 0.916. The minimum atomic E-state index is -0.0313. The average molecular weight is 230 g/mol. The highest BCUT2D eigenvalue weighted by Crippen LogP contribution is 2.23. The van der Waals surface area contributed by atoms with Gasteiger partial charge in [-0.25, -0.2) is 0 Å². The molecule has 76 valence electrons.